The van der Waals surface area contributed by atoms with E-state index < -0.39 is 0 Å². The Morgan fingerprint density at radius 1 is 1.00 bits per heavy atom. The molecule has 1 aromatic heterocycles. The summed E-state index contributed by atoms with van der Waals surface area (Å²) in [5.41, 5.74) is 4.81. The Morgan fingerprint density at radius 3 is 2.20 bits per heavy atom. The second-order valence-corrected chi connectivity index (χ2v) is 5.86. The molecule has 1 aliphatic rings. The fourth-order valence-electron chi connectivity index (χ4n) is 3.15. The number of aromatic nitrogens is 1. The van der Waals surface area contributed by atoms with Gasteiger partial charge in [-0.15, -0.1) is 0 Å². The summed E-state index contributed by atoms with van der Waals surface area (Å²) in [5, 5.41) is 2.30. The van der Waals surface area contributed by atoms with Crippen molar-refractivity contribution in [2.45, 2.75) is 14.4 Å². The molecule has 0 spiro atoms. The highest BCUT2D eigenvalue weighted by Gasteiger charge is 2.24. The average molecular weight is 328 g/mol. The lowest BCUT2D eigenvalue weighted by Gasteiger charge is -2.29. The Bertz CT molecular complexity index is 1000. The third kappa shape index (κ3) is 2.74. The largest absolute Gasteiger partial charge is 0.287 e. The van der Waals surface area contributed by atoms with Gasteiger partial charge >= 0.3 is 0 Å². The van der Waals surface area contributed by atoms with E-state index in [2.05, 4.69) is 35.8 Å². The maximum atomic E-state index is 12.1. The zero-order valence-corrected chi connectivity index (χ0v) is 13.4. The van der Waals surface area contributed by atoms with Gasteiger partial charge in [-0.25, -0.2) is 0 Å². The summed E-state index contributed by atoms with van der Waals surface area (Å²) in [7, 11) is 0. The minimum atomic E-state index is -0.0506. The van der Waals surface area contributed by atoms with E-state index in [0.717, 1.165) is 27.6 Å². The van der Waals surface area contributed by atoms with E-state index in [4.69, 9.17) is 0 Å². The summed E-state index contributed by atoms with van der Waals surface area (Å²) < 4.78 is 0. The van der Waals surface area contributed by atoms with E-state index in [0.29, 0.717) is 5.70 Å². The molecule has 0 N–H and O–H groups in total. The number of pyridine rings is 1. The zero-order chi connectivity index (χ0) is 16.7. The molecule has 0 atom stereocenters. The van der Waals surface area contributed by atoms with E-state index in [1.807, 2.05) is 30.5 Å². The van der Waals surface area contributed by atoms with Gasteiger partial charge < -0.3 is 0 Å². The molecule has 25 heavy (non-hydrogen) atoms. The summed E-state index contributed by atoms with van der Waals surface area (Å²) >= 11 is 0. The number of benzene rings is 2. The quantitative estimate of drug-likeness (QED) is 0.623. The first-order valence-electron chi connectivity index (χ1n) is 7.79. The molecule has 2 heterocycles. The van der Waals surface area contributed by atoms with Crippen molar-refractivity contribution in [1.29, 1.82) is 0 Å². The van der Waals surface area contributed by atoms with E-state index in [-0.39, 0.29) is 13.3 Å². The number of carbonyl (C=O) groups is 1. The van der Waals surface area contributed by atoms with Crippen LogP contribution in [0.15, 0.2) is 73.7 Å². The molecule has 1 amide bonds. The number of amides is 1. The monoisotopic (exact) mass is 328 g/mol. The van der Waals surface area contributed by atoms with Gasteiger partial charge in [-0.3, -0.25) is 14.7 Å². The van der Waals surface area contributed by atoms with Crippen LogP contribution in [0, 0.1) is 0 Å². The lowest BCUT2D eigenvalue weighted by molar-refractivity contribution is -0.123. The van der Waals surface area contributed by atoms with E-state index in [1.54, 1.807) is 24.2 Å². The predicted octanol–water partition coefficient (Wildman–Crippen LogP) is 5.09. The number of rotatable bonds is 1. The molecule has 3 aromatic rings. The minimum absolute atomic E-state index is 0. The lowest BCUT2D eigenvalue weighted by atomic mass is 9.88. The predicted molar refractivity (Wildman–Crippen MR) is 104 cm³/mol. The molecule has 0 aliphatic carbocycles. The summed E-state index contributed by atoms with van der Waals surface area (Å²) in [6, 6.07) is 16.4. The van der Waals surface area contributed by atoms with Crippen molar-refractivity contribution < 1.29 is 4.79 Å². The molecule has 1 aliphatic heterocycles. The fourth-order valence-corrected chi connectivity index (χ4v) is 3.15. The van der Waals surface area contributed by atoms with Crippen molar-refractivity contribution in [1.82, 2.24) is 9.88 Å². The Kier molecular flexibility index (Phi) is 4.24. The summed E-state index contributed by atoms with van der Waals surface area (Å²) in [5.74, 6) is -0.0506. The molecule has 0 saturated heterocycles. The number of carbonyl (C=O) groups excluding carboxylic acids is 1. The molecule has 0 bridgehead atoms. The van der Waals surface area contributed by atoms with Gasteiger partial charge in [0.25, 0.3) is 0 Å². The molecule has 0 unspecified atom stereocenters. The second kappa shape index (κ2) is 6.36. The van der Waals surface area contributed by atoms with Crippen LogP contribution >= 0.6 is 0 Å². The van der Waals surface area contributed by atoms with Crippen LogP contribution in [0.3, 0.4) is 0 Å². The Balaban J connectivity index is 0.00000182. The van der Waals surface area contributed by atoms with Crippen molar-refractivity contribution in [2.24, 2.45) is 0 Å². The number of fused-ring (bicyclic) bond motifs is 2. The Morgan fingerprint density at radius 2 is 1.60 bits per heavy atom. The molecular weight excluding hydrogens is 308 g/mol. The van der Waals surface area contributed by atoms with Gasteiger partial charge in [0.1, 0.15) is 0 Å². The Labute approximate surface area is 147 Å². The van der Waals surface area contributed by atoms with Gasteiger partial charge in [0.05, 0.1) is 0 Å². The van der Waals surface area contributed by atoms with E-state index >= 15 is 0 Å². The second-order valence-electron chi connectivity index (χ2n) is 5.86. The van der Waals surface area contributed by atoms with Crippen LogP contribution in [0.1, 0.15) is 31.0 Å². The summed E-state index contributed by atoms with van der Waals surface area (Å²) in [4.78, 5) is 17.8. The molecule has 4 rings (SSSR count). The third-order valence-electron chi connectivity index (χ3n) is 4.37. The standard InChI is InChI=1S/C21H16N2O.CH4/c1-14-19-11-17-5-3-4-6-18(17)12-20(19)21(13-23(14)15(2)24)16-7-9-22-10-8-16;/h3-13H,1H2,2H3;1H4. The molecule has 124 valence electrons. The van der Waals surface area contributed by atoms with Crippen LogP contribution < -0.4 is 0 Å². The van der Waals surface area contributed by atoms with Crippen LogP contribution in [0.4, 0.5) is 0 Å². The van der Waals surface area contributed by atoms with Crippen molar-refractivity contribution in [3.8, 4) is 0 Å². The van der Waals surface area contributed by atoms with Gasteiger partial charge in [0, 0.05) is 42.4 Å². The smallest absolute Gasteiger partial charge is 0.227 e. The van der Waals surface area contributed by atoms with E-state index in [1.165, 1.54) is 5.39 Å². The molecule has 0 radical (unpaired) electrons. The van der Waals surface area contributed by atoms with Crippen molar-refractivity contribution in [2.75, 3.05) is 0 Å². The third-order valence-corrected chi connectivity index (χ3v) is 4.37. The zero-order valence-electron chi connectivity index (χ0n) is 13.4. The maximum absolute atomic E-state index is 12.1. The van der Waals surface area contributed by atoms with Gasteiger partial charge in [0.2, 0.25) is 5.91 Å². The lowest BCUT2D eigenvalue weighted by Crippen LogP contribution is -2.25. The molecule has 0 saturated carbocycles. The van der Waals surface area contributed by atoms with Crippen molar-refractivity contribution in [3.63, 3.8) is 0 Å². The van der Waals surface area contributed by atoms with Crippen LogP contribution in [0.25, 0.3) is 22.0 Å². The molecule has 3 heteroatoms. The van der Waals surface area contributed by atoms with Crippen LogP contribution in [-0.2, 0) is 4.79 Å². The van der Waals surface area contributed by atoms with Gasteiger partial charge in [0.15, 0.2) is 0 Å². The van der Waals surface area contributed by atoms with Gasteiger partial charge in [-0.1, -0.05) is 38.3 Å². The molecular formula is C22H20N2O. The van der Waals surface area contributed by atoms with Crippen molar-refractivity contribution in [3.05, 3.63) is 90.4 Å². The number of hydrogen-bond acceptors (Lipinski definition) is 2. The maximum Gasteiger partial charge on any atom is 0.227 e. The highest BCUT2D eigenvalue weighted by Crippen LogP contribution is 2.38. The topological polar surface area (TPSA) is 33.2 Å². The molecule has 3 nitrogen and oxygen atoms in total. The SMILES string of the molecule is C.C=C1c2cc3ccccc3cc2C(c2ccncc2)=CN1C(C)=O. The summed E-state index contributed by atoms with van der Waals surface area (Å²) in [6.45, 7) is 5.69. The minimum Gasteiger partial charge on any atom is -0.287 e. The molecule has 0 fully saturated rings. The summed E-state index contributed by atoms with van der Waals surface area (Å²) in [6.07, 6.45) is 5.40. The first-order chi connectivity index (χ1) is 11.6. The van der Waals surface area contributed by atoms with Gasteiger partial charge in [-0.2, -0.15) is 0 Å². The first kappa shape index (κ1) is 16.7. The molecule has 2 aromatic carbocycles. The first-order valence-corrected chi connectivity index (χ1v) is 7.79. The fraction of sp³-hybridized carbons (Fsp3) is 0.0909. The van der Waals surface area contributed by atoms with Crippen LogP contribution in [-0.4, -0.2) is 15.8 Å². The van der Waals surface area contributed by atoms with Crippen molar-refractivity contribution >= 4 is 27.9 Å². The number of nitrogens with zero attached hydrogens (tertiary/aromatic N) is 2. The average Bonchev–Trinajstić information content (AvgIpc) is 2.61. The Hall–Kier alpha value is -3.20. The number of hydrogen-bond donors (Lipinski definition) is 0. The highest BCUT2D eigenvalue weighted by molar-refractivity contribution is 6.01. The van der Waals surface area contributed by atoms with Crippen LogP contribution in [0.2, 0.25) is 0 Å². The van der Waals surface area contributed by atoms with E-state index in [9.17, 15) is 4.79 Å². The van der Waals surface area contributed by atoms with Crippen LogP contribution in [0.5, 0.6) is 0 Å². The highest BCUT2D eigenvalue weighted by atomic mass is 16.2. The normalized spacial score (nSPS) is 13.1. The van der Waals surface area contributed by atoms with Gasteiger partial charge in [-0.05, 0) is 46.2 Å².